The Morgan fingerprint density at radius 2 is 2.26 bits per heavy atom. The molecule has 0 radical (unpaired) electrons. The highest BCUT2D eigenvalue weighted by Gasteiger charge is 2.10. The lowest BCUT2D eigenvalue weighted by molar-refractivity contribution is -0.0493. The summed E-state index contributed by atoms with van der Waals surface area (Å²) in [4.78, 5) is 0. The van der Waals surface area contributed by atoms with Gasteiger partial charge in [0.15, 0.2) is 5.11 Å². The lowest BCUT2D eigenvalue weighted by atomic mass is 10.2. The van der Waals surface area contributed by atoms with Gasteiger partial charge in [-0.05, 0) is 49.3 Å². The minimum Gasteiger partial charge on any atom is -0.433 e. The Labute approximate surface area is 138 Å². The van der Waals surface area contributed by atoms with E-state index in [2.05, 4.69) is 20.5 Å². The first-order valence-electron chi connectivity index (χ1n) is 7.12. The molecule has 0 fully saturated rings. The number of aromatic nitrogens is 2. The van der Waals surface area contributed by atoms with Gasteiger partial charge in [-0.15, -0.1) is 0 Å². The molecule has 0 aliphatic carbocycles. The van der Waals surface area contributed by atoms with Crippen LogP contribution in [0.15, 0.2) is 36.7 Å². The molecule has 0 saturated carbocycles. The van der Waals surface area contributed by atoms with E-state index in [9.17, 15) is 8.78 Å². The number of hydrogen-bond donors (Lipinski definition) is 2. The number of nitrogens with zero attached hydrogens (tertiary/aromatic N) is 2. The van der Waals surface area contributed by atoms with Gasteiger partial charge in [0.2, 0.25) is 0 Å². The number of ether oxygens (including phenoxy) is 1. The normalized spacial score (nSPS) is 10.6. The van der Waals surface area contributed by atoms with E-state index in [-0.39, 0.29) is 5.75 Å². The summed E-state index contributed by atoms with van der Waals surface area (Å²) >= 11 is 5.18. The van der Waals surface area contributed by atoms with Crippen LogP contribution >= 0.6 is 12.2 Å². The van der Waals surface area contributed by atoms with Gasteiger partial charge in [0.05, 0.1) is 5.69 Å². The van der Waals surface area contributed by atoms with E-state index in [0.717, 1.165) is 18.5 Å². The molecule has 1 heterocycles. The summed E-state index contributed by atoms with van der Waals surface area (Å²) in [5, 5.41) is 10.4. The van der Waals surface area contributed by atoms with Crippen molar-refractivity contribution < 1.29 is 13.5 Å². The summed E-state index contributed by atoms with van der Waals surface area (Å²) in [6.45, 7) is 0.390. The van der Waals surface area contributed by atoms with Crippen LogP contribution in [-0.4, -0.2) is 28.0 Å². The van der Waals surface area contributed by atoms with Gasteiger partial charge in [-0.1, -0.05) is 6.07 Å². The maximum Gasteiger partial charge on any atom is 0.387 e. The molecule has 0 atom stereocenters. The fraction of sp³-hybridized carbons (Fsp3) is 0.333. The lowest BCUT2D eigenvalue weighted by Gasteiger charge is -2.15. The Bertz CT molecular complexity index is 634. The van der Waals surface area contributed by atoms with Gasteiger partial charge in [0.1, 0.15) is 5.75 Å². The van der Waals surface area contributed by atoms with Crippen molar-refractivity contribution in [3.8, 4) is 5.75 Å². The van der Waals surface area contributed by atoms with Crippen LogP contribution in [0.3, 0.4) is 0 Å². The van der Waals surface area contributed by atoms with Gasteiger partial charge in [0.25, 0.3) is 0 Å². The first kappa shape index (κ1) is 17.1. The molecule has 23 heavy (non-hydrogen) atoms. The Balaban J connectivity index is 1.83. The van der Waals surface area contributed by atoms with Crippen molar-refractivity contribution in [1.29, 1.82) is 0 Å². The van der Waals surface area contributed by atoms with Gasteiger partial charge in [-0.2, -0.15) is 13.9 Å². The first-order valence-corrected chi connectivity index (χ1v) is 7.53. The lowest BCUT2D eigenvalue weighted by Crippen LogP contribution is -2.30. The highest BCUT2D eigenvalue weighted by atomic mass is 32.1. The molecule has 1 aromatic carbocycles. The van der Waals surface area contributed by atoms with Crippen molar-refractivity contribution in [2.75, 3.05) is 11.9 Å². The number of hydrogen-bond acceptors (Lipinski definition) is 3. The third-order valence-corrected chi connectivity index (χ3v) is 3.25. The van der Waals surface area contributed by atoms with E-state index in [4.69, 9.17) is 12.2 Å². The van der Waals surface area contributed by atoms with Gasteiger partial charge >= 0.3 is 6.61 Å². The molecule has 1 aromatic heterocycles. The molecule has 124 valence electrons. The quantitative estimate of drug-likeness (QED) is 0.599. The summed E-state index contributed by atoms with van der Waals surface area (Å²) in [5.74, 6) is 0.0614. The van der Waals surface area contributed by atoms with Gasteiger partial charge < -0.3 is 15.4 Å². The van der Waals surface area contributed by atoms with Crippen molar-refractivity contribution in [3.63, 3.8) is 0 Å². The smallest absolute Gasteiger partial charge is 0.387 e. The third kappa shape index (κ3) is 5.82. The second-order valence-corrected chi connectivity index (χ2v) is 5.29. The minimum absolute atomic E-state index is 0.0614. The van der Waals surface area contributed by atoms with Gasteiger partial charge in [0, 0.05) is 25.5 Å². The van der Waals surface area contributed by atoms with Crippen LogP contribution in [0.2, 0.25) is 0 Å². The number of rotatable bonds is 7. The van der Waals surface area contributed by atoms with Crippen LogP contribution in [0.4, 0.5) is 14.5 Å². The first-order chi connectivity index (χ1) is 11.0. The summed E-state index contributed by atoms with van der Waals surface area (Å²) in [5.41, 5.74) is 1.32. The van der Waals surface area contributed by atoms with Crippen molar-refractivity contribution in [2.45, 2.75) is 26.5 Å². The molecule has 8 heteroatoms. The second kappa shape index (κ2) is 8.42. The monoisotopic (exact) mass is 340 g/mol. The molecule has 0 aliphatic heterocycles. The number of halogens is 2. The van der Waals surface area contributed by atoms with Crippen LogP contribution in [0.5, 0.6) is 5.75 Å². The van der Waals surface area contributed by atoms with Crippen LogP contribution in [0.25, 0.3) is 0 Å². The standard InChI is InChI=1S/C15H18F2N4OS/c1-11-4-5-13(22-14(16)17)12(10-11)20-15(23)18-6-2-8-21-9-3-7-19-21/h3-5,7,9-10,14H,2,6,8H2,1H3,(H2,18,20,23). The Morgan fingerprint density at radius 1 is 1.43 bits per heavy atom. The van der Waals surface area contributed by atoms with Crippen molar-refractivity contribution >= 4 is 23.0 Å². The van der Waals surface area contributed by atoms with E-state index in [0.29, 0.717) is 17.3 Å². The Morgan fingerprint density at radius 3 is 2.96 bits per heavy atom. The molecule has 0 amide bonds. The number of aryl methyl sites for hydroxylation is 2. The fourth-order valence-electron chi connectivity index (χ4n) is 1.98. The molecule has 0 aliphatic rings. The number of thiocarbonyl (C=S) groups is 1. The Kier molecular flexibility index (Phi) is 6.28. The average Bonchev–Trinajstić information content (AvgIpc) is 2.99. The zero-order valence-corrected chi connectivity index (χ0v) is 13.4. The van der Waals surface area contributed by atoms with Crippen LogP contribution in [0.1, 0.15) is 12.0 Å². The van der Waals surface area contributed by atoms with Crippen LogP contribution in [-0.2, 0) is 6.54 Å². The number of benzene rings is 1. The van der Waals surface area contributed by atoms with Gasteiger partial charge in [-0.3, -0.25) is 4.68 Å². The van der Waals surface area contributed by atoms with Crippen molar-refractivity contribution in [2.24, 2.45) is 0 Å². The highest BCUT2D eigenvalue weighted by Crippen LogP contribution is 2.27. The summed E-state index contributed by atoms with van der Waals surface area (Å²) in [6, 6.07) is 6.75. The zero-order chi connectivity index (χ0) is 16.7. The second-order valence-electron chi connectivity index (χ2n) is 4.88. The summed E-state index contributed by atoms with van der Waals surface area (Å²) < 4.78 is 31.1. The molecule has 0 unspecified atom stereocenters. The Hall–Kier alpha value is -2.22. The topological polar surface area (TPSA) is 51.1 Å². The minimum atomic E-state index is -2.88. The number of anilines is 1. The maximum absolute atomic E-state index is 12.4. The predicted molar refractivity (Wildman–Crippen MR) is 88.9 cm³/mol. The highest BCUT2D eigenvalue weighted by molar-refractivity contribution is 7.80. The summed E-state index contributed by atoms with van der Waals surface area (Å²) in [6.07, 6.45) is 4.44. The molecular formula is C15H18F2N4OS. The van der Waals surface area contributed by atoms with Crippen LogP contribution < -0.4 is 15.4 Å². The molecule has 0 spiro atoms. The molecule has 2 aromatic rings. The summed E-state index contributed by atoms with van der Waals surface area (Å²) in [7, 11) is 0. The average molecular weight is 340 g/mol. The van der Waals surface area contributed by atoms with E-state index < -0.39 is 6.61 Å². The zero-order valence-electron chi connectivity index (χ0n) is 12.6. The van der Waals surface area contributed by atoms with E-state index in [1.165, 1.54) is 6.07 Å². The third-order valence-electron chi connectivity index (χ3n) is 3.01. The molecule has 0 bridgehead atoms. The molecular weight excluding hydrogens is 322 g/mol. The molecule has 2 N–H and O–H groups in total. The SMILES string of the molecule is Cc1ccc(OC(F)F)c(NC(=S)NCCCn2cccn2)c1. The number of alkyl halides is 2. The number of nitrogens with one attached hydrogen (secondary N) is 2. The van der Waals surface area contributed by atoms with E-state index in [1.54, 1.807) is 18.3 Å². The molecule has 2 rings (SSSR count). The fourth-order valence-corrected chi connectivity index (χ4v) is 2.19. The van der Waals surface area contributed by atoms with Gasteiger partial charge in [-0.25, -0.2) is 0 Å². The maximum atomic E-state index is 12.4. The van der Waals surface area contributed by atoms with Crippen molar-refractivity contribution in [1.82, 2.24) is 15.1 Å². The van der Waals surface area contributed by atoms with E-state index >= 15 is 0 Å². The molecule has 0 saturated heterocycles. The molecule has 5 nitrogen and oxygen atoms in total. The largest absolute Gasteiger partial charge is 0.433 e. The van der Waals surface area contributed by atoms with Crippen LogP contribution in [0, 0.1) is 6.92 Å². The van der Waals surface area contributed by atoms with Crippen molar-refractivity contribution in [3.05, 3.63) is 42.2 Å². The predicted octanol–water partition coefficient (Wildman–Crippen LogP) is 3.17. The van der Waals surface area contributed by atoms with E-state index in [1.807, 2.05) is 23.9 Å².